The van der Waals surface area contributed by atoms with Crippen molar-refractivity contribution in [3.05, 3.63) is 65.2 Å². The minimum Gasteiger partial charge on any atom is -0.351 e. The second-order valence-corrected chi connectivity index (χ2v) is 10.5. The maximum atomic E-state index is 13.3. The van der Waals surface area contributed by atoms with Crippen LogP contribution in [0.4, 0.5) is 0 Å². The molecule has 0 aliphatic heterocycles. The average Bonchev–Trinajstić information content (AvgIpc) is 3.40. The molecule has 1 amide bonds. The predicted molar refractivity (Wildman–Crippen MR) is 110 cm³/mol. The van der Waals surface area contributed by atoms with Crippen molar-refractivity contribution in [1.82, 2.24) is 9.62 Å². The van der Waals surface area contributed by atoms with Gasteiger partial charge in [-0.15, -0.1) is 0 Å². The lowest BCUT2D eigenvalue weighted by Crippen LogP contribution is -2.43. The number of nitrogens with one attached hydrogen (secondary N) is 1. The van der Waals surface area contributed by atoms with Gasteiger partial charge >= 0.3 is 0 Å². The van der Waals surface area contributed by atoms with Crippen LogP contribution in [-0.4, -0.2) is 30.2 Å². The van der Waals surface area contributed by atoms with E-state index in [0.29, 0.717) is 11.4 Å². The number of halogens is 1. The fourth-order valence-electron chi connectivity index (χ4n) is 3.13. The first-order valence-corrected chi connectivity index (χ1v) is 11.0. The first-order chi connectivity index (χ1) is 13.1. The van der Waals surface area contributed by atoms with Crippen molar-refractivity contribution in [1.29, 1.82) is 0 Å². The third kappa shape index (κ3) is 4.93. The molecule has 7 heteroatoms. The Kier molecular flexibility index (Phi) is 5.84. The summed E-state index contributed by atoms with van der Waals surface area (Å²) in [5, 5.41) is 3.43. The van der Waals surface area contributed by atoms with Gasteiger partial charge in [0, 0.05) is 23.1 Å². The van der Waals surface area contributed by atoms with E-state index in [4.69, 9.17) is 11.6 Å². The van der Waals surface area contributed by atoms with Crippen LogP contribution in [0.15, 0.2) is 59.5 Å². The molecule has 1 N–H and O–H groups in total. The van der Waals surface area contributed by atoms with Crippen molar-refractivity contribution in [3.8, 4) is 0 Å². The lowest BCUT2D eigenvalue weighted by Gasteiger charge is -2.24. The molecule has 2 aromatic rings. The van der Waals surface area contributed by atoms with Crippen molar-refractivity contribution >= 4 is 27.5 Å². The van der Waals surface area contributed by atoms with Gasteiger partial charge in [-0.2, -0.15) is 4.31 Å². The summed E-state index contributed by atoms with van der Waals surface area (Å²) in [5.74, 6) is -0.452. The molecule has 28 heavy (non-hydrogen) atoms. The first kappa shape index (κ1) is 20.8. The van der Waals surface area contributed by atoms with Crippen LogP contribution < -0.4 is 5.32 Å². The number of hydrogen-bond acceptors (Lipinski definition) is 3. The number of rotatable bonds is 6. The topological polar surface area (TPSA) is 66.5 Å². The fraction of sp³-hybridized carbons (Fsp3) is 0.381. The second kappa shape index (κ2) is 7.85. The highest BCUT2D eigenvalue weighted by Crippen LogP contribution is 2.40. The van der Waals surface area contributed by atoms with Crippen molar-refractivity contribution in [2.45, 2.75) is 50.2 Å². The van der Waals surface area contributed by atoms with Gasteiger partial charge in [0.15, 0.2) is 0 Å². The van der Waals surface area contributed by atoms with E-state index in [-0.39, 0.29) is 34.8 Å². The van der Waals surface area contributed by atoms with Crippen LogP contribution in [0.5, 0.6) is 0 Å². The predicted octanol–water partition coefficient (Wildman–Crippen LogP) is 3.83. The Hall–Kier alpha value is -1.89. The summed E-state index contributed by atoms with van der Waals surface area (Å²) in [6, 6.07) is 15.2. The van der Waals surface area contributed by atoms with Crippen molar-refractivity contribution < 1.29 is 13.2 Å². The molecule has 1 aliphatic rings. The van der Waals surface area contributed by atoms with Crippen molar-refractivity contribution in [3.63, 3.8) is 0 Å². The molecule has 0 radical (unpaired) electrons. The molecule has 0 aromatic heterocycles. The number of benzene rings is 2. The summed E-state index contributed by atoms with van der Waals surface area (Å²) < 4.78 is 28.1. The van der Waals surface area contributed by atoms with Gasteiger partial charge in [0.05, 0.1) is 10.8 Å². The van der Waals surface area contributed by atoms with E-state index < -0.39 is 10.0 Å². The quantitative estimate of drug-likeness (QED) is 0.772. The van der Waals surface area contributed by atoms with E-state index in [2.05, 4.69) is 5.32 Å². The standard InChI is InChI=1S/C21H25ClN2O3S/c1-21(2,3)23-20(25)18-13-19(18)24(14-15-7-5-4-6-8-15)28(26,27)17-11-9-16(22)10-12-17/h4-12,18-19H,13-14H2,1-3H3,(H,23,25)/t18-,19-/m1/s1. The van der Waals surface area contributed by atoms with Gasteiger partial charge in [-0.3, -0.25) is 4.79 Å². The van der Waals surface area contributed by atoms with E-state index in [1.165, 1.54) is 16.4 Å². The smallest absolute Gasteiger partial charge is 0.243 e. The van der Waals surface area contributed by atoms with Crippen LogP contribution in [0, 0.1) is 5.92 Å². The zero-order valence-electron chi connectivity index (χ0n) is 16.2. The third-order valence-corrected chi connectivity index (χ3v) is 6.70. The Balaban J connectivity index is 1.88. The van der Waals surface area contributed by atoms with Gasteiger partial charge in [-0.05, 0) is 57.0 Å². The third-order valence-electron chi connectivity index (χ3n) is 4.56. The summed E-state index contributed by atoms with van der Waals surface area (Å²) >= 11 is 5.91. The van der Waals surface area contributed by atoms with E-state index in [0.717, 1.165) is 5.56 Å². The van der Waals surface area contributed by atoms with Crippen molar-refractivity contribution in [2.75, 3.05) is 0 Å². The Bertz CT molecular complexity index is 938. The normalized spacial score (nSPS) is 19.5. The van der Waals surface area contributed by atoms with Crippen LogP contribution in [0.2, 0.25) is 5.02 Å². The second-order valence-electron chi connectivity index (χ2n) is 8.14. The molecule has 0 unspecified atom stereocenters. The first-order valence-electron chi connectivity index (χ1n) is 9.21. The van der Waals surface area contributed by atoms with E-state index in [9.17, 15) is 13.2 Å². The molecule has 5 nitrogen and oxygen atoms in total. The summed E-state index contributed by atoms with van der Waals surface area (Å²) in [6.45, 7) is 5.95. The highest BCUT2D eigenvalue weighted by Gasteiger charge is 2.51. The number of sulfonamides is 1. The zero-order chi connectivity index (χ0) is 20.5. The molecule has 2 atom stereocenters. The van der Waals surface area contributed by atoms with Crippen LogP contribution >= 0.6 is 11.6 Å². The number of carbonyl (C=O) groups excluding carboxylic acids is 1. The maximum Gasteiger partial charge on any atom is 0.243 e. The zero-order valence-corrected chi connectivity index (χ0v) is 17.8. The molecule has 1 aliphatic carbocycles. The summed E-state index contributed by atoms with van der Waals surface area (Å²) in [6.07, 6.45) is 0.515. The minimum atomic E-state index is -3.77. The summed E-state index contributed by atoms with van der Waals surface area (Å²) in [5.41, 5.74) is 0.519. The molecule has 2 aromatic carbocycles. The Morgan fingerprint density at radius 1 is 1.11 bits per heavy atom. The molecular weight excluding hydrogens is 396 g/mol. The monoisotopic (exact) mass is 420 g/mol. The molecule has 0 saturated heterocycles. The van der Waals surface area contributed by atoms with Crippen molar-refractivity contribution in [2.24, 2.45) is 5.92 Å². The fourth-order valence-corrected chi connectivity index (χ4v) is 4.92. The maximum absolute atomic E-state index is 13.3. The van der Waals surface area contributed by atoms with Crippen LogP contribution in [0.25, 0.3) is 0 Å². The molecule has 150 valence electrons. The number of nitrogens with zero attached hydrogens (tertiary/aromatic N) is 1. The Morgan fingerprint density at radius 2 is 1.71 bits per heavy atom. The average molecular weight is 421 g/mol. The highest BCUT2D eigenvalue weighted by molar-refractivity contribution is 7.89. The molecule has 0 heterocycles. The summed E-state index contributed by atoms with van der Waals surface area (Å²) in [4.78, 5) is 12.7. The molecule has 1 saturated carbocycles. The van der Waals surface area contributed by atoms with Crippen LogP contribution in [0.1, 0.15) is 32.8 Å². The van der Waals surface area contributed by atoms with E-state index in [1.807, 2.05) is 51.1 Å². The van der Waals surface area contributed by atoms with Gasteiger partial charge in [0.1, 0.15) is 0 Å². The van der Waals surface area contributed by atoms with E-state index in [1.54, 1.807) is 12.1 Å². The number of carbonyl (C=O) groups is 1. The largest absolute Gasteiger partial charge is 0.351 e. The molecule has 3 rings (SSSR count). The van der Waals surface area contributed by atoms with E-state index >= 15 is 0 Å². The summed E-state index contributed by atoms with van der Waals surface area (Å²) in [7, 11) is -3.77. The highest BCUT2D eigenvalue weighted by atomic mass is 35.5. The lowest BCUT2D eigenvalue weighted by atomic mass is 10.1. The van der Waals surface area contributed by atoms with Gasteiger partial charge in [0.2, 0.25) is 15.9 Å². The van der Waals surface area contributed by atoms with Gasteiger partial charge in [0.25, 0.3) is 0 Å². The Morgan fingerprint density at radius 3 is 2.29 bits per heavy atom. The molecule has 0 bridgehead atoms. The lowest BCUT2D eigenvalue weighted by molar-refractivity contribution is -0.124. The van der Waals surface area contributed by atoms with Gasteiger partial charge in [-0.25, -0.2) is 8.42 Å². The number of amides is 1. The molecule has 1 fully saturated rings. The van der Waals surface area contributed by atoms with Crippen LogP contribution in [0.3, 0.4) is 0 Å². The Labute approximate surface area is 171 Å². The van der Waals surface area contributed by atoms with Crippen LogP contribution in [-0.2, 0) is 21.4 Å². The minimum absolute atomic E-state index is 0.109. The number of hydrogen-bond donors (Lipinski definition) is 1. The SMILES string of the molecule is CC(C)(C)NC(=O)[C@@H]1C[C@H]1N(Cc1ccccc1)S(=O)(=O)c1ccc(Cl)cc1. The van der Waals surface area contributed by atoms with Gasteiger partial charge < -0.3 is 5.32 Å². The van der Waals surface area contributed by atoms with Gasteiger partial charge in [-0.1, -0.05) is 41.9 Å². The molecular formula is C21H25ClN2O3S. The molecule has 0 spiro atoms.